The van der Waals surface area contributed by atoms with Crippen LogP contribution in [0, 0.1) is 5.41 Å². The molecule has 1 fully saturated rings. The molecule has 0 radical (unpaired) electrons. The minimum atomic E-state index is 0.476. The third kappa shape index (κ3) is 5.08. The van der Waals surface area contributed by atoms with Gasteiger partial charge in [0, 0.05) is 38.6 Å². The predicted molar refractivity (Wildman–Crippen MR) is 84.0 cm³/mol. The number of hydrogen-bond donors (Lipinski definition) is 0. The van der Waals surface area contributed by atoms with Gasteiger partial charge in [-0.1, -0.05) is 27.2 Å². The van der Waals surface area contributed by atoms with E-state index >= 15 is 0 Å². The summed E-state index contributed by atoms with van der Waals surface area (Å²) >= 11 is 0. The van der Waals surface area contributed by atoms with E-state index in [1.54, 1.807) is 0 Å². The molecule has 1 aliphatic heterocycles. The first-order valence-electron chi connectivity index (χ1n) is 7.79. The minimum Gasteiger partial charge on any atom is -0.338 e. The maximum absolute atomic E-state index is 4.33. The predicted octanol–water partition coefficient (Wildman–Crippen LogP) is 2.82. The van der Waals surface area contributed by atoms with E-state index in [-0.39, 0.29) is 0 Å². The van der Waals surface area contributed by atoms with Crippen molar-refractivity contribution in [3.63, 3.8) is 0 Å². The summed E-state index contributed by atoms with van der Waals surface area (Å²) in [4.78, 5) is 13.5. The molecule has 1 aromatic heterocycles. The molecule has 0 N–H and O–H groups in total. The molecule has 20 heavy (non-hydrogen) atoms. The van der Waals surface area contributed by atoms with Crippen molar-refractivity contribution in [1.82, 2.24) is 14.9 Å². The van der Waals surface area contributed by atoms with E-state index in [1.807, 2.05) is 18.5 Å². The van der Waals surface area contributed by atoms with Gasteiger partial charge in [-0.3, -0.25) is 4.90 Å². The Morgan fingerprint density at radius 1 is 1.00 bits per heavy atom. The van der Waals surface area contributed by atoms with Crippen LogP contribution in [0.5, 0.6) is 0 Å². The molecule has 4 heteroatoms. The highest BCUT2D eigenvalue weighted by molar-refractivity contribution is 5.29. The van der Waals surface area contributed by atoms with E-state index < -0.39 is 0 Å². The normalized spacial score (nSPS) is 17.4. The monoisotopic (exact) mass is 276 g/mol. The Kier molecular flexibility index (Phi) is 5.35. The highest BCUT2D eigenvalue weighted by Gasteiger charge is 2.18. The van der Waals surface area contributed by atoms with Crippen molar-refractivity contribution in [2.24, 2.45) is 5.41 Å². The number of anilines is 1. The van der Waals surface area contributed by atoms with Gasteiger partial charge in [0.05, 0.1) is 0 Å². The quantitative estimate of drug-likeness (QED) is 0.774. The molecule has 0 bridgehead atoms. The molecule has 1 aliphatic rings. The van der Waals surface area contributed by atoms with Crippen LogP contribution in [0.15, 0.2) is 18.5 Å². The van der Waals surface area contributed by atoms with Crippen molar-refractivity contribution >= 4 is 5.95 Å². The Hall–Kier alpha value is -1.16. The summed E-state index contributed by atoms with van der Waals surface area (Å²) in [7, 11) is 0. The average molecular weight is 276 g/mol. The Morgan fingerprint density at radius 3 is 2.25 bits per heavy atom. The van der Waals surface area contributed by atoms with E-state index in [0.717, 1.165) is 32.1 Å². The van der Waals surface area contributed by atoms with Crippen LogP contribution in [0.3, 0.4) is 0 Å². The third-order valence-corrected chi connectivity index (χ3v) is 3.86. The number of piperazine rings is 1. The van der Waals surface area contributed by atoms with Crippen molar-refractivity contribution < 1.29 is 0 Å². The SMILES string of the molecule is CC(C)(C)CCCCN1CCN(c2ncccn2)CC1. The van der Waals surface area contributed by atoms with Crippen LogP contribution in [0.2, 0.25) is 0 Å². The molecule has 1 saturated heterocycles. The van der Waals surface area contributed by atoms with Gasteiger partial charge in [0.25, 0.3) is 0 Å². The first kappa shape index (κ1) is 15.2. The molecule has 0 saturated carbocycles. The lowest BCUT2D eigenvalue weighted by molar-refractivity contribution is 0.244. The zero-order chi connectivity index (χ0) is 14.4. The van der Waals surface area contributed by atoms with Gasteiger partial charge in [0.15, 0.2) is 0 Å². The average Bonchev–Trinajstić information content (AvgIpc) is 2.44. The Labute approximate surface area is 123 Å². The maximum atomic E-state index is 4.33. The fourth-order valence-electron chi connectivity index (χ4n) is 2.62. The molecule has 112 valence electrons. The number of hydrogen-bond acceptors (Lipinski definition) is 4. The summed E-state index contributed by atoms with van der Waals surface area (Å²) in [6.07, 6.45) is 7.62. The zero-order valence-corrected chi connectivity index (χ0v) is 13.2. The second-order valence-electron chi connectivity index (χ2n) is 6.90. The Bertz CT molecular complexity index is 377. The Balaban J connectivity index is 1.65. The van der Waals surface area contributed by atoms with Crippen LogP contribution >= 0.6 is 0 Å². The molecule has 0 unspecified atom stereocenters. The van der Waals surface area contributed by atoms with Gasteiger partial charge in [-0.05, 0) is 30.9 Å². The maximum Gasteiger partial charge on any atom is 0.225 e. The van der Waals surface area contributed by atoms with Gasteiger partial charge in [0.2, 0.25) is 5.95 Å². The molecule has 2 rings (SSSR count). The lowest BCUT2D eigenvalue weighted by Crippen LogP contribution is -2.47. The molecule has 2 heterocycles. The van der Waals surface area contributed by atoms with Crippen LogP contribution in [-0.2, 0) is 0 Å². The molecule has 4 nitrogen and oxygen atoms in total. The van der Waals surface area contributed by atoms with Gasteiger partial charge in [0.1, 0.15) is 0 Å². The largest absolute Gasteiger partial charge is 0.338 e. The number of nitrogens with zero attached hydrogens (tertiary/aromatic N) is 4. The molecule has 0 atom stereocenters. The van der Waals surface area contributed by atoms with Crippen molar-refractivity contribution in [2.45, 2.75) is 40.0 Å². The zero-order valence-electron chi connectivity index (χ0n) is 13.2. The fourth-order valence-corrected chi connectivity index (χ4v) is 2.62. The van der Waals surface area contributed by atoms with Crippen molar-refractivity contribution in [3.05, 3.63) is 18.5 Å². The highest BCUT2D eigenvalue weighted by atomic mass is 15.3. The number of rotatable bonds is 5. The van der Waals surface area contributed by atoms with Crippen molar-refractivity contribution in [2.75, 3.05) is 37.6 Å². The van der Waals surface area contributed by atoms with E-state index in [9.17, 15) is 0 Å². The second kappa shape index (κ2) is 7.02. The summed E-state index contributed by atoms with van der Waals surface area (Å²) in [5.41, 5.74) is 0.476. The van der Waals surface area contributed by atoms with Gasteiger partial charge in [-0.2, -0.15) is 0 Å². The second-order valence-corrected chi connectivity index (χ2v) is 6.90. The lowest BCUT2D eigenvalue weighted by Gasteiger charge is -2.34. The third-order valence-electron chi connectivity index (χ3n) is 3.86. The standard InChI is InChI=1S/C16H28N4/c1-16(2,3)7-4-5-10-19-11-13-20(14-12-19)15-17-8-6-9-18-15/h6,8-9H,4-5,7,10-14H2,1-3H3. The summed E-state index contributed by atoms with van der Waals surface area (Å²) in [6.45, 7) is 12.6. The van der Waals surface area contributed by atoms with Gasteiger partial charge in [-0.25, -0.2) is 9.97 Å². The summed E-state index contributed by atoms with van der Waals surface area (Å²) in [5, 5.41) is 0. The summed E-state index contributed by atoms with van der Waals surface area (Å²) < 4.78 is 0. The summed E-state index contributed by atoms with van der Waals surface area (Å²) in [5.74, 6) is 0.875. The first-order valence-corrected chi connectivity index (χ1v) is 7.79. The molecule has 0 spiro atoms. The first-order chi connectivity index (χ1) is 9.54. The van der Waals surface area contributed by atoms with Crippen LogP contribution < -0.4 is 4.90 Å². The smallest absolute Gasteiger partial charge is 0.225 e. The lowest BCUT2D eigenvalue weighted by atomic mass is 9.90. The van der Waals surface area contributed by atoms with Crippen LogP contribution in [0.1, 0.15) is 40.0 Å². The molecule has 0 amide bonds. The van der Waals surface area contributed by atoms with E-state index in [2.05, 4.69) is 40.5 Å². The van der Waals surface area contributed by atoms with Crippen LogP contribution in [-0.4, -0.2) is 47.6 Å². The van der Waals surface area contributed by atoms with Gasteiger partial charge in [-0.15, -0.1) is 0 Å². The molecule has 0 aliphatic carbocycles. The highest BCUT2D eigenvalue weighted by Crippen LogP contribution is 2.21. The number of unbranched alkanes of at least 4 members (excludes halogenated alkanes) is 1. The van der Waals surface area contributed by atoms with Crippen molar-refractivity contribution in [3.8, 4) is 0 Å². The van der Waals surface area contributed by atoms with E-state index in [1.165, 1.54) is 25.8 Å². The van der Waals surface area contributed by atoms with Gasteiger partial charge < -0.3 is 4.90 Å². The van der Waals surface area contributed by atoms with E-state index in [4.69, 9.17) is 0 Å². The van der Waals surface area contributed by atoms with E-state index in [0.29, 0.717) is 5.41 Å². The van der Waals surface area contributed by atoms with Gasteiger partial charge >= 0.3 is 0 Å². The van der Waals surface area contributed by atoms with Crippen molar-refractivity contribution in [1.29, 1.82) is 0 Å². The van der Waals surface area contributed by atoms with Crippen LogP contribution in [0.25, 0.3) is 0 Å². The topological polar surface area (TPSA) is 32.3 Å². The van der Waals surface area contributed by atoms with Crippen LogP contribution in [0.4, 0.5) is 5.95 Å². The number of aromatic nitrogens is 2. The fraction of sp³-hybridized carbons (Fsp3) is 0.750. The molecular weight excluding hydrogens is 248 g/mol. The molecule has 1 aromatic rings. The molecule has 0 aromatic carbocycles. The molecular formula is C16H28N4. The summed E-state index contributed by atoms with van der Waals surface area (Å²) in [6, 6.07) is 1.87. The Morgan fingerprint density at radius 2 is 1.65 bits per heavy atom. The minimum absolute atomic E-state index is 0.476.